The van der Waals surface area contributed by atoms with Crippen molar-refractivity contribution in [3.8, 4) is 11.5 Å². The minimum Gasteiger partial charge on any atom is -0.489 e. The summed E-state index contributed by atoms with van der Waals surface area (Å²) in [5.41, 5.74) is 7.94. The minimum atomic E-state index is 0.0773. The number of benzene rings is 2. The first-order valence-electron chi connectivity index (χ1n) is 6.62. The Hall–Kier alpha value is -1.52. The van der Waals surface area contributed by atoms with Crippen LogP contribution in [0.3, 0.4) is 0 Å². The third kappa shape index (κ3) is 2.81. The van der Waals surface area contributed by atoms with E-state index in [-0.39, 0.29) is 6.10 Å². The summed E-state index contributed by atoms with van der Waals surface area (Å²) < 4.78 is 12.6. The number of hydrogen-bond donors (Lipinski definition) is 1. The average Bonchev–Trinajstić information content (AvgIpc) is 2.88. The molecular formula is C16H16BrNO2. The lowest BCUT2D eigenvalue weighted by atomic mass is 10.1. The maximum Gasteiger partial charge on any atom is 0.137 e. The van der Waals surface area contributed by atoms with Gasteiger partial charge in [0.2, 0.25) is 0 Å². The van der Waals surface area contributed by atoms with Crippen molar-refractivity contribution in [2.75, 3.05) is 6.61 Å². The van der Waals surface area contributed by atoms with Gasteiger partial charge in [0.25, 0.3) is 0 Å². The van der Waals surface area contributed by atoms with Gasteiger partial charge in [-0.15, -0.1) is 0 Å². The van der Waals surface area contributed by atoms with Gasteiger partial charge >= 0.3 is 0 Å². The summed E-state index contributed by atoms with van der Waals surface area (Å²) in [6, 6.07) is 14.0. The molecule has 2 aromatic rings. The van der Waals surface area contributed by atoms with Gasteiger partial charge in [-0.2, -0.15) is 0 Å². The fourth-order valence-electron chi connectivity index (χ4n) is 2.32. The zero-order chi connectivity index (χ0) is 13.9. The van der Waals surface area contributed by atoms with Crippen molar-refractivity contribution in [2.24, 2.45) is 5.73 Å². The molecule has 2 aromatic carbocycles. The van der Waals surface area contributed by atoms with E-state index in [1.54, 1.807) is 0 Å². The first kappa shape index (κ1) is 13.5. The lowest BCUT2D eigenvalue weighted by Gasteiger charge is -2.14. The van der Waals surface area contributed by atoms with E-state index in [0.29, 0.717) is 13.2 Å². The summed E-state index contributed by atoms with van der Waals surface area (Å²) in [6.45, 7) is 1.06. The van der Waals surface area contributed by atoms with Gasteiger partial charge in [0.05, 0.1) is 4.47 Å². The molecule has 0 bridgehead atoms. The topological polar surface area (TPSA) is 44.5 Å². The van der Waals surface area contributed by atoms with E-state index in [0.717, 1.165) is 28.0 Å². The molecule has 4 heteroatoms. The first-order chi connectivity index (χ1) is 9.76. The Labute approximate surface area is 126 Å². The van der Waals surface area contributed by atoms with Crippen LogP contribution in [0.1, 0.15) is 11.1 Å². The number of halogens is 1. The van der Waals surface area contributed by atoms with E-state index in [1.807, 2.05) is 36.4 Å². The summed E-state index contributed by atoms with van der Waals surface area (Å²) in [5.74, 6) is 1.79. The van der Waals surface area contributed by atoms with Crippen LogP contribution < -0.4 is 15.2 Å². The second kappa shape index (κ2) is 5.85. The minimum absolute atomic E-state index is 0.0773. The van der Waals surface area contributed by atoms with Gasteiger partial charge in [0.15, 0.2) is 0 Å². The zero-order valence-electron chi connectivity index (χ0n) is 11.0. The maximum atomic E-state index is 5.85. The number of ether oxygens (including phenoxy) is 2. The molecule has 0 saturated heterocycles. The van der Waals surface area contributed by atoms with Crippen LogP contribution in [0.5, 0.6) is 11.5 Å². The Morgan fingerprint density at radius 2 is 2.10 bits per heavy atom. The highest BCUT2D eigenvalue weighted by molar-refractivity contribution is 9.10. The Morgan fingerprint density at radius 3 is 2.85 bits per heavy atom. The number of hydrogen-bond acceptors (Lipinski definition) is 3. The fraction of sp³-hybridized carbons (Fsp3) is 0.250. The molecule has 0 radical (unpaired) electrons. The molecule has 2 N–H and O–H groups in total. The van der Waals surface area contributed by atoms with Crippen molar-refractivity contribution in [1.82, 2.24) is 0 Å². The summed E-state index contributed by atoms with van der Waals surface area (Å²) in [7, 11) is 0. The molecule has 1 heterocycles. The van der Waals surface area contributed by atoms with E-state index < -0.39 is 0 Å². The lowest BCUT2D eigenvalue weighted by molar-refractivity contribution is 0.148. The van der Waals surface area contributed by atoms with Crippen molar-refractivity contribution >= 4 is 15.9 Å². The van der Waals surface area contributed by atoms with Gasteiger partial charge in [-0.25, -0.2) is 0 Å². The van der Waals surface area contributed by atoms with Gasteiger partial charge in [-0.05, 0) is 45.3 Å². The molecule has 1 aliphatic heterocycles. The molecule has 0 aromatic heterocycles. The first-order valence-corrected chi connectivity index (χ1v) is 7.41. The Bertz CT molecular complexity index is 590. The summed E-state index contributed by atoms with van der Waals surface area (Å²) in [5, 5.41) is 0. The molecule has 104 valence electrons. The van der Waals surface area contributed by atoms with Gasteiger partial charge in [0.1, 0.15) is 24.2 Å². The van der Waals surface area contributed by atoms with Crippen molar-refractivity contribution in [3.05, 3.63) is 58.1 Å². The molecule has 0 fully saturated rings. The van der Waals surface area contributed by atoms with Crippen molar-refractivity contribution in [3.63, 3.8) is 0 Å². The molecule has 1 atom stereocenters. The highest BCUT2D eigenvalue weighted by atomic mass is 79.9. The third-order valence-corrected chi connectivity index (χ3v) is 3.99. The van der Waals surface area contributed by atoms with Gasteiger partial charge in [-0.3, -0.25) is 0 Å². The predicted octanol–water partition coefficient (Wildman–Crippen LogP) is 3.29. The van der Waals surface area contributed by atoms with Gasteiger partial charge in [0, 0.05) is 13.0 Å². The van der Waals surface area contributed by atoms with E-state index in [2.05, 4.69) is 22.0 Å². The van der Waals surface area contributed by atoms with Crippen LogP contribution in [-0.2, 0) is 13.0 Å². The van der Waals surface area contributed by atoms with Crippen LogP contribution >= 0.6 is 15.9 Å². The molecule has 3 nitrogen and oxygen atoms in total. The zero-order valence-corrected chi connectivity index (χ0v) is 12.6. The molecule has 0 amide bonds. The molecule has 0 saturated carbocycles. The standard InChI is InChI=1S/C16H16BrNO2/c17-14-7-11(9-18)5-6-16(14)19-10-13-8-12-3-1-2-4-15(12)20-13/h1-7,13H,8-10,18H2. The Balaban J connectivity index is 1.61. The second-order valence-corrected chi connectivity index (χ2v) is 5.69. The SMILES string of the molecule is NCc1ccc(OCC2Cc3ccccc3O2)c(Br)c1. The largest absolute Gasteiger partial charge is 0.489 e. The molecule has 20 heavy (non-hydrogen) atoms. The molecule has 1 aliphatic rings. The smallest absolute Gasteiger partial charge is 0.137 e. The van der Waals surface area contributed by atoms with Gasteiger partial charge < -0.3 is 15.2 Å². The Kier molecular flexibility index (Phi) is 3.94. The lowest BCUT2D eigenvalue weighted by Crippen LogP contribution is -2.22. The highest BCUT2D eigenvalue weighted by Gasteiger charge is 2.23. The summed E-state index contributed by atoms with van der Waals surface area (Å²) in [6.07, 6.45) is 0.975. The second-order valence-electron chi connectivity index (χ2n) is 4.83. The molecule has 0 spiro atoms. The summed E-state index contributed by atoms with van der Waals surface area (Å²) >= 11 is 3.50. The van der Waals surface area contributed by atoms with E-state index in [9.17, 15) is 0 Å². The number of rotatable bonds is 4. The normalized spacial score (nSPS) is 16.6. The van der Waals surface area contributed by atoms with E-state index in [4.69, 9.17) is 15.2 Å². The fourth-order valence-corrected chi connectivity index (χ4v) is 2.86. The van der Waals surface area contributed by atoms with Crippen molar-refractivity contribution in [2.45, 2.75) is 19.1 Å². The monoisotopic (exact) mass is 333 g/mol. The van der Waals surface area contributed by atoms with Crippen LogP contribution in [-0.4, -0.2) is 12.7 Å². The van der Waals surface area contributed by atoms with E-state index in [1.165, 1.54) is 5.56 Å². The Morgan fingerprint density at radius 1 is 1.25 bits per heavy atom. The quantitative estimate of drug-likeness (QED) is 0.933. The number of para-hydroxylation sites is 1. The number of fused-ring (bicyclic) bond motifs is 1. The molecule has 1 unspecified atom stereocenters. The van der Waals surface area contributed by atoms with Crippen LogP contribution in [0.2, 0.25) is 0 Å². The molecule has 0 aliphatic carbocycles. The maximum absolute atomic E-state index is 5.85. The third-order valence-electron chi connectivity index (χ3n) is 3.37. The van der Waals surface area contributed by atoms with E-state index >= 15 is 0 Å². The van der Waals surface area contributed by atoms with Crippen molar-refractivity contribution in [1.29, 1.82) is 0 Å². The van der Waals surface area contributed by atoms with Crippen LogP contribution in [0.15, 0.2) is 46.9 Å². The van der Waals surface area contributed by atoms with Crippen molar-refractivity contribution < 1.29 is 9.47 Å². The van der Waals surface area contributed by atoms with Gasteiger partial charge in [-0.1, -0.05) is 24.3 Å². The van der Waals surface area contributed by atoms with Crippen LogP contribution in [0.4, 0.5) is 0 Å². The predicted molar refractivity (Wildman–Crippen MR) is 82.1 cm³/mol. The average molecular weight is 334 g/mol. The summed E-state index contributed by atoms with van der Waals surface area (Å²) in [4.78, 5) is 0. The van der Waals surface area contributed by atoms with Crippen LogP contribution in [0, 0.1) is 0 Å². The molecular weight excluding hydrogens is 318 g/mol. The van der Waals surface area contributed by atoms with Crippen LogP contribution in [0.25, 0.3) is 0 Å². The number of nitrogens with two attached hydrogens (primary N) is 1. The highest BCUT2D eigenvalue weighted by Crippen LogP contribution is 2.30. The molecule has 3 rings (SSSR count).